The molecule has 0 unspecified atom stereocenters. The summed E-state index contributed by atoms with van der Waals surface area (Å²) in [7, 11) is 1.56. The number of fused-ring (bicyclic) bond motifs is 3. The van der Waals surface area contributed by atoms with Gasteiger partial charge in [0.2, 0.25) is 17.7 Å². The van der Waals surface area contributed by atoms with Crippen LogP contribution in [0.5, 0.6) is 17.2 Å². The highest BCUT2D eigenvalue weighted by Gasteiger charge is 2.14. The zero-order chi connectivity index (χ0) is 61.7. The number of nitrogens with one attached hydrogen (secondary N) is 7. The van der Waals surface area contributed by atoms with Crippen LogP contribution in [0.3, 0.4) is 0 Å². The maximum atomic E-state index is 12.2. The monoisotopic (exact) mass is 1300 g/mol. The van der Waals surface area contributed by atoms with E-state index in [1.54, 1.807) is 83.5 Å². The molecule has 12 rings (SSSR count). The lowest BCUT2D eigenvalue weighted by molar-refractivity contribution is -0.119. The average Bonchev–Trinajstić information content (AvgIpc) is 2.42. The highest BCUT2D eigenvalue weighted by molar-refractivity contribution is 7.99. The molecule has 0 spiro atoms. The number of hydrogen-bond donors (Lipinski definition) is 7. The quantitative estimate of drug-likeness (QED) is 0.0452. The largest absolute Gasteiger partial charge is 0.494 e. The van der Waals surface area contributed by atoms with Crippen LogP contribution in [-0.2, 0) is 33.6 Å². The van der Waals surface area contributed by atoms with Crippen LogP contribution >= 0.6 is 82.4 Å². The predicted molar refractivity (Wildman–Crippen MR) is 376 cm³/mol. The first kappa shape index (κ1) is 62.5. The number of benzene rings is 6. The van der Waals surface area contributed by atoms with Gasteiger partial charge in [-0.15, -0.1) is 34.0 Å². The molecule has 0 aliphatic rings. The first-order valence-corrected chi connectivity index (χ1v) is 32.1. The SMILES string of the molecule is COc1cc(Oc2ccnc3ccsc23)ccc1NC(=S)NC(=O)Cc1ccccc1.O=C(Cc1ccccc1)NC(=S)Nc1ccc(Nc2ccnc3ccsc23)cc1.O=C(Cc1ccccc1)NC(=S)Nc1ccc(Sc2ccnc3ccsc23)cc1. The van der Waals surface area contributed by atoms with Gasteiger partial charge in [0.05, 0.1) is 68.4 Å². The number of carbonyl (C=O) groups is 3. The number of thiophene rings is 3. The number of amides is 3. The van der Waals surface area contributed by atoms with Crippen molar-refractivity contribution < 1.29 is 23.9 Å². The van der Waals surface area contributed by atoms with Crippen molar-refractivity contribution >= 4 is 175 Å². The number of anilines is 5. The lowest BCUT2D eigenvalue weighted by Gasteiger charge is -2.14. The number of ether oxygens (including phenoxy) is 2. The van der Waals surface area contributed by atoms with Crippen molar-refractivity contribution in [3.05, 3.63) is 246 Å². The number of thiocarbonyl (C=S) groups is 3. The second kappa shape index (κ2) is 31.4. The maximum Gasteiger partial charge on any atom is 0.230 e. The van der Waals surface area contributed by atoms with Gasteiger partial charge in [0.15, 0.2) is 15.3 Å². The van der Waals surface area contributed by atoms with E-state index in [1.165, 1.54) is 9.60 Å². The molecule has 12 aromatic rings. The predicted octanol–water partition coefficient (Wildman–Crippen LogP) is 15.8. The number of nitrogens with zero attached hydrogens (tertiary/aromatic N) is 3. The lowest BCUT2D eigenvalue weighted by Crippen LogP contribution is -2.35. The minimum Gasteiger partial charge on any atom is -0.494 e. The Hall–Kier alpha value is -9.52. The summed E-state index contributed by atoms with van der Waals surface area (Å²) in [6, 6.07) is 61.5. The number of aromatic nitrogens is 3. The van der Waals surface area contributed by atoms with Crippen molar-refractivity contribution in [1.29, 1.82) is 0 Å². The first-order valence-electron chi connectivity index (χ1n) is 27.4. The van der Waals surface area contributed by atoms with E-state index in [9.17, 15) is 14.4 Å². The van der Waals surface area contributed by atoms with Crippen molar-refractivity contribution in [3.8, 4) is 17.2 Å². The fraction of sp³-hybridized carbons (Fsp3) is 0.0597. The molecular weight excluding hydrogens is 1250 g/mol. The van der Waals surface area contributed by atoms with E-state index in [0.717, 1.165) is 76.0 Å². The van der Waals surface area contributed by atoms with E-state index in [-0.39, 0.29) is 40.8 Å². The molecule has 89 heavy (non-hydrogen) atoms. The topological polar surface area (TPSA) is 193 Å². The van der Waals surface area contributed by atoms with Crippen LogP contribution in [0.2, 0.25) is 0 Å². The maximum absolute atomic E-state index is 12.2. The van der Waals surface area contributed by atoms with Crippen molar-refractivity contribution in [2.75, 3.05) is 28.4 Å². The third-order valence-corrected chi connectivity index (χ3v) is 17.4. The molecule has 0 saturated heterocycles. The number of hydrogen-bond acceptors (Lipinski definition) is 16. The van der Waals surface area contributed by atoms with Crippen LogP contribution in [0.25, 0.3) is 30.6 Å². The summed E-state index contributed by atoms with van der Waals surface area (Å²) in [5, 5.41) is 27.5. The molecule has 0 radical (unpaired) electrons. The van der Waals surface area contributed by atoms with Gasteiger partial charge in [-0.3, -0.25) is 29.3 Å². The molecule has 7 N–H and O–H groups in total. The Bertz CT molecular complexity index is 4220. The van der Waals surface area contributed by atoms with Gasteiger partial charge in [0.1, 0.15) is 17.2 Å². The molecule has 0 aliphatic heterocycles. The molecule has 0 atom stereocenters. The minimum absolute atomic E-state index is 0.140. The lowest BCUT2D eigenvalue weighted by atomic mass is 10.1. The van der Waals surface area contributed by atoms with E-state index in [4.69, 9.17) is 46.1 Å². The highest BCUT2D eigenvalue weighted by Crippen LogP contribution is 2.38. The van der Waals surface area contributed by atoms with E-state index in [1.807, 2.05) is 193 Å². The van der Waals surface area contributed by atoms with Crippen molar-refractivity contribution in [1.82, 2.24) is 30.9 Å². The number of methoxy groups -OCH3 is 1. The molecular formula is C67H54N10O5S7. The Kier molecular flexibility index (Phi) is 22.1. The van der Waals surface area contributed by atoms with E-state index < -0.39 is 0 Å². The third-order valence-electron chi connectivity index (χ3n) is 12.8. The summed E-state index contributed by atoms with van der Waals surface area (Å²) in [5.41, 5.74) is 9.93. The number of carbonyl (C=O) groups excluding carboxylic acids is 3. The van der Waals surface area contributed by atoms with Crippen molar-refractivity contribution in [3.63, 3.8) is 0 Å². The van der Waals surface area contributed by atoms with Crippen LogP contribution in [-0.4, -0.2) is 55.1 Å². The van der Waals surface area contributed by atoms with Crippen LogP contribution in [0.15, 0.2) is 239 Å². The van der Waals surface area contributed by atoms with Gasteiger partial charge < -0.3 is 46.7 Å². The number of rotatable bonds is 16. The molecule has 22 heteroatoms. The van der Waals surface area contributed by atoms with E-state index in [0.29, 0.717) is 28.7 Å². The highest BCUT2D eigenvalue weighted by atomic mass is 32.2. The molecule has 6 aromatic carbocycles. The fourth-order valence-electron chi connectivity index (χ4n) is 8.66. The zero-order valence-corrected chi connectivity index (χ0v) is 53.0. The van der Waals surface area contributed by atoms with E-state index in [2.05, 4.69) is 57.5 Å². The van der Waals surface area contributed by atoms with Gasteiger partial charge in [-0.25, -0.2) is 0 Å². The second-order valence-electron chi connectivity index (χ2n) is 19.2. The van der Waals surface area contributed by atoms with Gasteiger partial charge in [0.25, 0.3) is 0 Å². The molecule has 6 heterocycles. The normalized spacial score (nSPS) is 10.5. The summed E-state index contributed by atoms with van der Waals surface area (Å²) in [5.74, 6) is 1.39. The standard InChI is InChI=1S/C23H19N3O3S2.C22H18N4OS2.C22H17N3OS3/c1-28-20-14-16(29-19-9-11-24-18-10-12-31-22(18)19)7-8-17(20)25-23(30)26-21(27)13-15-5-3-2-4-6-15;27-20(14-15-4-2-1-3-5-15)26-22(28)25-17-8-6-16(7-9-17)24-19-10-12-23-18-11-13-29-21(18)19;26-20(14-15-4-2-1-3-5-15)25-22(27)24-16-6-8-17(9-7-16)29-19-10-12-23-18-11-13-28-21(18)19/h2-12,14H,13H2,1H3,(H2,25,26,27,30);1-13H,14H2,(H,23,24)(H2,25,26,27,28);1-13H,14H2,(H2,24,25,26,27). The van der Waals surface area contributed by atoms with Gasteiger partial charge in [-0.05, 0) is 160 Å². The smallest absolute Gasteiger partial charge is 0.230 e. The molecule has 0 fully saturated rings. The molecule has 0 saturated carbocycles. The second-order valence-corrected chi connectivity index (χ2v) is 24.3. The zero-order valence-electron chi connectivity index (χ0n) is 47.3. The van der Waals surface area contributed by atoms with Crippen LogP contribution < -0.4 is 46.7 Å². The Morgan fingerprint density at radius 1 is 0.449 bits per heavy atom. The summed E-state index contributed by atoms with van der Waals surface area (Å²) in [4.78, 5) is 51.8. The Morgan fingerprint density at radius 2 is 0.899 bits per heavy atom. The first-order chi connectivity index (χ1) is 43.5. The van der Waals surface area contributed by atoms with Crippen LogP contribution in [0.1, 0.15) is 16.7 Å². The van der Waals surface area contributed by atoms with Gasteiger partial charge in [0, 0.05) is 57.6 Å². The molecule has 0 aliphatic carbocycles. The Balaban J connectivity index is 0.000000147. The molecule has 0 bridgehead atoms. The van der Waals surface area contributed by atoms with Crippen LogP contribution in [0, 0.1) is 0 Å². The van der Waals surface area contributed by atoms with Gasteiger partial charge in [-0.2, -0.15) is 0 Å². The summed E-state index contributed by atoms with van der Waals surface area (Å²) in [6.07, 6.45) is 6.17. The van der Waals surface area contributed by atoms with Gasteiger partial charge >= 0.3 is 0 Å². The van der Waals surface area contributed by atoms with E-state index >= 15 is 0 Å². The summed E-state index contributed by atoms with van der Waals surface area (Å²) in [6.45, 7) is 0. The average molecular weight is 1300 g/mol. The summed E-state index contributed by atoms with van der Waals surface area (Å²) >= 11 is 22.4. The summed E-state index contributed by atoms with van der Waals surface area (Å²) < 4.78 is 14.8. The fourth-order valence-corrected chi connectivity index (χ4v) is 12.8. The van der Waals surface area contributed by atoms with Crippen LogP contribution in [0.4, 0.5) is 28.4 Å². The van der Waals surface area contributed by atoms with Crippen molar-refractivity contribution in [2.24, 2.45) is 0 Å². The third kappa shape index (κ3) is 18.5. The Morgan fingerprint density at radius 3 is 1.44 bits per heavy atom. The molecule has 444 valence electrons. The number of pyridine rings is 3. The Labute approximate surface area is 545 Å². The van der Waals surface area contributed by atoms with Gasteiger partial charge in [-0.1, -0.05) is 103 Å². The minimum atomic E-state index is -0.194. The molecule has 15 nitrogen and oxygen atoms in total. The molecule has 3 amide bonds. The molecule has 6 aromatic heterocycles. The van der Waals surface area contributed by atoms with Crippen molar-refractivity contribution in [2.45, 2.75) is 29.1 Å².